The Hall–Kier alpha value is -1.53. The average Bonchev–Trinajstić information content (AvgIpc) is 2.37. The van der Waals surface area contributed by atoms with Gasteiger partial charge in [-0.1, -0.05) is 30.3 Å². The smallest absolute Gasteiger partial charge is 0.327 e. The first-order chi connectivity index (χ1) is 9.09. The molecule has 0 aliphatic rings. The van der Waals surface area contributed by atoms with Crippen LogP contribution in [0.4, 0.5) is 0 Å². The number of amides is 1. The number of hydrogen-bond donors (Lipinski definition) is 2. The maximum absolute atomic E-state index is 10.9. The second-order valence-corrected chi connectivity index (χ2v) is 4.89. The van der Waals surface area contributed by atoms with E-state index in [-0.39, 0.29) is 11.7 Å². The molecule has 1 amide bonds. The molecule has 6 heteroatoms. The standard InChI is InChI=1S/C13H17NO4S/c1-10(15)14-12(13(16)17)8-19-9-18-7-11-5-3-2-4-6-11/h2-6,12H,7-9H2,1H3,(H,14,15)(H,16,17)/t12-/m0/s1. The van der Waals surface area contributed by atoms with Gasteiger partial charge in [0.05, 0.1) is 12.5 Å². The minimum atomic E-state index is -1.04. The third-order valence-corrected chi connectivity index (χ3v) is 3.14. The van der Waals surface area contributed by atoms with Crippen LogP contribution in [0.25, 0.3) is 0 Å². The lowest BCUT2D eigenvalue weighted by Crippen LogP contribution is -2.41. The third-order valence-electron chi connectivity index (χ3n) is 2.24. The van der Waals surface area contributed by atoms with Gasteiger partial charge in [-0.05, 0) is 5.56 Å². The Morgan fingerprint density at radius 3 is 2.63 bits per heavy atom. The van der Waals surface area contributed by atoms with Gasteiger partial charge in [-0.25, -0.2) is 4.79 Å². The summed E-state index contributed by atoms with van der Waals surface area (Å²) in [4.78, 5) is 21.7. The summed E-state index contributed by atoms with van der Waals surface area (Å²) in [6, 6.07) is 8.85. The Bertz CT molecular complexity index is 410. The molecule has 0 spiro atoms. The zero-order valence-electron chi connectivity index (χ0n) is 10.7. The molecular weight excluding hydrogens is 266 g/mol. The van der Waals surface area contributed by atoms with Gasteiger partial charge < -0.3 is 15.2 Å². The number of benzene rings is 1. The lowest BCUT2D eigenvalue weighted by atomic mass is 10.2. The van der Waals surface area contributed by atoms with Crippen LogP contribution >= 0.6 is 11.8 Å². The fourth-order valence-electron chi connectivity index (χ4n) is 1.38. The van der Waals surface area contributed by atoms with E-state index in [1.54, 1.807) is 0 Å². The van der Waals surface area contributed by atoms with E-state index in [4.69, 9.17) is 9.84 Å². The van der Waals surface area contributed by atoms with Gasteiger partial charge in [0.15, 0.2) is 0 Å². The van der Waals surface area contributed by atoms with Crippen LogP contribution in [-0.4, -0.2) is 34.7 Å². The lowest BCUT2D eigenvalue weighted by Gasteiger charge is -2.12. The van der Waals surface area contributed by atoms with E-state index < -0.39 is 12.0 Å². The van der Waals surface area contributed by atoms with Gasteiger partial charge in [0.25, 0.3) is 0 Å². The first kappa shape index (κ1) is 15.5. The molecule has 19 heavy (non-hydrogen) atoms. The van der Waals surface area contributed by atoms with E-state index >= 15 is 0 Å². The average molecular weight is 283 g/mol. The van der Waals surface area contributed by atoms with Crippen LogP contribution in [-0.2, 0) is 20.9 Å². The molecule has 0 saturated heterocycles. The molecule has 1 aromatic carbocycles. The fraction of sp³-hybridized carbons (Fsp3) is 0.385. The molecule has 0 bridgehead atoms. The van der Waals surface area contributed by atoms with Crippen LogP contribution in [0.1, 0.15) is 12.5 Å². The van der Waals surface area contributed by atoms with Crippen molar-refractivity contribution in [3.05, 3.63) is 35.9 Å². The van der Waals surface area contributed by atoms with Gasteiger partial charge in [-0.15, -0.1) is 11.8 Å². The van der Waals surface area contributed by atoms with Crippen LogP contribution < -0.4 is 5.32 Å². The number of rotatable bonds is 8. The molecule has 0 fully saturated rings. The predicted octanol–water partition coefficient (Wildman–Crippen LogP) is 1.48. The van der Waals surface area contributed by atoms with Gasteiger partial charge in [0, 0.05) is 12.7 Å². The molecule has 0 aliphatic heterocycles. The van der Waals surface area contributed by atoms with Gasteiger partial charge in [-0.3, -0.25) is 4.79 Å². The first-order valence-electron chi connectivity index (χ1n) is 5.79. The zero-order chi connectivity index (χ0) is 14.1. The summed E-state index contributed by atoms with van der Waals surface area (Å²) in [6.45, 7) is 1.79. The number of nitrogens with one attached hydrogen (secondary N) is 1. The zero-order valence-corrected chi connectivity index (χ0v) is 11.5. The minimum absolute atomic E-state index is 0.281. The first-order valence-corrected chi connectivity index (χ1v) is 6.94. The quantitative estimate of drug-likeness (QED) is 0.558. The molecule has 1 rings (SSSR count). The van der Waals surface area contributed by atoms with E-state index in [9.17, 15) is 9.59 Å². The topological polar surface area (TPSA) is 75.6 Å². The monoisotopic (exact) mass is 283 g/mol. The van der Waals surface area contributed by atoms with Crippen molar-refractivity contribution < 1.29 is 19.4 Å². The van der Waals surface area contributed by atoms with E-state index in [1.165, 1.54) is 18.7 Å². The summed E-state index contributed by atoms with van der Waals surface area (Å²) >= 11 is 1.33. The summed E-state index contributed by atoms with van der Waals surface area (Å²) < 4.78 is 5.41. The van der Waals surface area contributed by atoms with Crippen LogP contribution in [0.2, 0.25) is 0 Å². The Kier molecular flexibility index (Phi) is 6.99. The van der Waals surface area contributed by atoms with Crippen molar-refractivity contribution >= 4 is 23.6 Å². The van der Waals surface area contributed by atoms with Crippen LogP contribution in [0.5, 0.6) is 0 Å². The maximum Gasteiger partial charge on any atom is 0.327 e. The fourth-order valence-corrected chi connectivity index (χ4v) is 2.14. The molecule has 5 nitrogen and oxygen atoms in total. The molecule has 104 valence electrons. The van der Waals surface area contributed by atoms with E-state index in [0.29, 0.717) is 12.5 Å². The molecule has 1 atom stereocenters. The van der Waals surface area contributed by atoms with Crippen molar-refractivity contribution in [2.24, 2.45) is 0 Å². The van der Waals surface area contributed by atoms with Crippen LogP contribution in [0, 0.1) is 0 Å². The molecule has 0 heterocycles. The lowest BCUT2D eigenvalue weighted by molar-refractivity contribution is -0.140. The van der Waals surface area contributed by atoms with E-state index in [2.05, 4.69) is 5.32 Å². The molecule has 0 aliphatic carbocycles. The molecule has 0 radical (unpaired) electrons. The normalized spacial score (nSPS) is 11.8. The summed E-state index contributed by atoms with van der Waals surface area (Å²) in [7, 11) is 0. The van der Waals surface area contributed by atoms with Crippen LogP contribution in [0.3, 0.4) is 0 Å². The van der Waals surface area contributed by atoms with Crippen LogP contribution in [0.15, 0.2) is 30.3 Å². The van der Waals surface area contributed by atoms with Gasteiger partial charge in [-0.2, -0.15) is 0 Å². The summed E-state index contributed by atoms with van der Waals surface area (Å²) in [5.41, 5.74) is 1.07. The number of carboxylic acids is 1. The number of carbonyl (C=O) groups is 2. The van der Waals surface area contributed by atoms with E-state index in [1.807, 2.05) is 30.3 Å². The van der Waals surface area contributed by atoms with Gasteiger partial charge >= 0.3 is 5.97 Å². The molecule has 1 aromatic rings. The van der Waals surface area contributed by atoms with Crippen molar-refractivity contribution in [2.45, 2.75) is 19.6 Å². The second-order valence-electron chi connectivity index (χ2n) is 3.91. The number of thioether (sulfide) groups is 1. The van der Waals surface area contributed by atoms with Gasteiger partial charge in [0.2, 0.25) is 5.91 Å². The van der Waals surface area contributed by atoms with Crippen molar-refractivity contribution in [2.75, 3.05) is 11.7 Å². The third kappa shape index (κ3) is 6.83. The number of aliphatic carboxylic acids is 1. The Morgan fingerprint density at radius 2 is 2.05 bits per heavy atom. The van der Waals surface area contributed by atoms with Crippen molar-refractivity contribution in [1.29, 1.82) is 0 Å². The molecule has 0 aromatic heterocycles. The Morgan fingerprint density at radius 1 is 1.37 bits per heavy atom. The number of ether oxygens (including phenoxy) is 1. The Labute approximate surface area is 116 Å². The van der Waals surface area contributed by atoms with Gasteiger partial charge in [0.1, 0.15) is 6.04 Å². The second kappa shape index (κ2) is 8.55. The summed E-state index contributed by atoms with van der Waals surface area (Å²) in [5.74, 6) is -0.717. The molecular formula is C13H17NO4S. The van der Waals surface area contributed by atoms with Crippen molar-refractivity contribution in [3.63, 3.8) is 0 Å². The largest absolute Gasteiger partial charge is 0.480 e. The highest BCUT2D eigenvalue weighted by molar-refractivity contribution is 7.99. The number of carbonyl (C=O) groups excluding carboxylic acids is 1. The highest BCUT2D eigenvalue weighted by atomic mass is 32.2. The SMILES string of the molecule is CC(=O)N[C@@H](CSCOCc1ccccc1)C(=O)O. The number of carboxylic acid groups (broad SMARTS) is 1. The summed E-state index contributed by atoms with van der Waals surface area (Å²) in [6.07, 6.45) is 0. The predicted molar refractivity (Wildman–Crippen MR) is 73.8 cm³/mol. The maximum atomic E-state index is 10.9. The van der Waals surface area contributed by atoms with Crippen molar-refractivity contribution in [1.82, 2.24) is 5.32 Å². The molecule has 0 unspecified atom stereocenters. The summed E-state index contributed by atoms with van der Waals surface area (Å²) in [5, 5.41) is 11.3. The minimum Gasteiger partial charge on any atom is -0.480 e. The molecule has 0 saturated carbocycles. The molecule has 2 N–H and O–H groups in total. The van der Waals surface area contributed by atoms with Crippen molar-refractivity contribution in [3.8, 4) is 0 Å². The van der Waals surface area contributed by atoms with E-state index in [0.717, 1.165) is 5.56 Å². The highest BCUT2D eigenvalue weighted by Gasteiger charge is 2.17. The highest BCUT2D eigenvalue weighted by Crippen LogP contribution is 2.07. The Balaban J connectivity index is 2.18. The number of hydrogen-bond acceptors (Lipinski definition) is 4.